The third-order valence-electron chi connectivity index (χ3n) is 5.07. The van der Waals surface area contributed by atoms with Gasteiger partial charge in [0.05, 0.1) is 11.8 Å². The molecule has 3 amide bonds. The largest absolute Gasteiger partial charge is 0.324 e. The van der Waals surface area contributed by atoms with Crippen LogP contribution in [0.15, 0.2) is 30.4 Å². The third-order valence-corrected chi connectivity index (χ3v) is 5.07. The molecule has 2 aliphatic carbocycles. The number of nitrogens with one attached hydrogen (secondary N) is 1. The van der Waals surface area contributed by atoms with Crippen LogP contribution < -0.4 is 5.32 Å². The fourth-order valence-corrected chi connectivity index (χ4v) is 4.04. The summed E-state index contributed by atoms with van der Waals surface area (Å²) in [5, 5.41) is 2.37. The van der Waals surface area contributed by atoms with Crippen molar-refractivity contribution in [2.75, 3.05) is 11.9 Å². The molecule has 24 heavy (non-hydrogen) atoms. The lowest BCUT2D eigenvalue weighted by Crippen LogP contribution is -2.39. The minimum Gasteiger partial charge on any atom is -0.324 e. The molecular weight excluding hydrogens is 318 g/mol. The number of hydrogen-bond acceptors (Lipinski definition) is 3. The predicted octanol–water partition coefficient (Wildman–Crippen LogP) is 1.71. The van der Waals surface area contributed by atoms with Crippen molar-refractivity contribution in [1.29, 1.82) is 0 Å². The summed E-state index contributed by atoms with van der Waals surface area (Å²) < 4.78 is 26.0. The first-order valence-corrected chi connectivity index (χ1v) is 7.74. The van der Waals surface area contributed by atoms with Gasteiger partial charge in [-0.1, -0.05) is 12.2 Å². The number of carbonyl (C=O) groups is 3. The standard InChI is InChI=1S/C17H14F2N2O3/c18-11-4-3-10(6-12(11)19)20-13(22)7-21-16(23)14-8-1-2-9(5-8)15(14)17(21)24/h1-4,6,8-9,14-15H,5,7H2,(H,20,22)/t8-,9+,14?,15?. The van der Waals surface area contributed by atoms with Gasteiger partial charge >= 0.3 is 0 Å². The number of rotatable bonds is 3. The Balaban J connectivity index is 1.46. The molecule has 0 aromatic heterocycles. The summed E-state index contributed by atoms with van der Waals surface area (Å²) in [7, 11) is 0. The van der Waals surface area contributed by atoms with Crippen LogP contribution in [0.2, 0.25) is 0 Å². The van der Waals surface area contributed by atoms with E-state index in [9.17, 15) is 23.2 Å². The average Bonchev–Trinajstić information content (AvgIpc) is 3.21. The smallest absolute Gasteiger partial charge is 0.244 e. The number of anilines is 1. The van der Waals surface area contributed by atoms with Crippen molar-refractivity contribution < 1.29 is 23.2 Å². The summed E-state index contributed by atoms with van der Waals surface area (Å²) in [5.74, 6) is -3.92. The van der Waals surface area contributed by atoms with E-state index in [1.54, 1.807) is 0 Å². The molecule has 2 fully saturated rings. The zero-order valence-electron chi connectivity index (χ0n) is 12.5. The monoisotopic (exact) mass is 332 g/mol. The molecule has 2 unspecified atom stereocenters. The van der Waals surface area contributed by atoms with Gasteiger partial charge in [0, 0.05) is 11.8 Å². The number of allylic oxidation sites excluding steroid dienone is 2. The molecule has 0 spiro atoms. The quantitative estimate of drug-likeness (QED) is 0.677. The molecule has 0 radical (unpaired) electrons. The number of halogens is 2. The van der Waals surface area contributed by atoms with Gasteiger partial charge in [0.15, 0.2) is 11.6 Å². The topological polar surface area (TPSA) is 66.5 Å². The van der Waals surface area contributed by atoms with Gasteiger partial charge in [0.2, 0.25) is 17.7 Å². The van der Waals surface area contributed by atoms with E-state index in [-0.39, 0.29) is 41.2 Å². The van der Waals surface area contributed by atoms with Crippen molar-refractivity contribution in [3.05, 3.63) is 42.0 Å². The van der Waals surface area contributed by atoms with Gasteiger partial charge in [0.1, 0.15) is 6.54 Å². The van der Waals surface area contributed by atoms with Crippen LogP contribution in [-0.2, 0) is 14.4 Å². The summed E-state index contributed by atoms with van der Waals surface area (Å²) >= 11 is 0. The van der Waals surface area contributed by atoms with Gasteiger partial charge in [0.25, 0.3) is 0 Å². The molecule has 5 nitrogen and oxygen atoms in total. The Kier molecular flexibility index (Phi) is 3.26. The van der Waals surface area contributed by atoms with E-state index in [4.69, 9.17) is 0 Å². The molecule has 2 bridgehead atoms. The summed E-state index contributed by atoms with van der Waals surface area (Å²) in [6, 6.07) is 2.95. The van der Waals surface area contributed by atoms with Crippen LogP contribution in [0, 0.1) is 35.3 Å². The van der Waals surface area contributed by atoms with Gasteiger partial charge in [-0.05, 0) is 30.4 Å². The summed E-state index contributed by atoms with van der Waals surface area (Å²) in [4.78, 5) is 38.0. The molecule has 7 heteroatoms. The normalized spacial score (nSPS) is 30.2. The van der Waals surface area contributed by atoms with E-state index in [0.29, 0.717) is 0 Å². The Hall–Kier alpha value is -2.57. The predicted molar refractivity (Wildman–Crippen MR) is 79.4 cm³/mol. The van der Waals surface area contributed by atoms with Crippen molar-refractivity contribution in [3.63, 3.8) is 0 Å². The van der Waals surface area contributed by atoms with Gasteiger partial charge in [-0.3, -0.25) is 19.3 Å². The molecule has 1 saturated carbocycles. The van der Waals surface area contributed by atoms with Crippen LogP contribution in [0.5, 0.6) is 0 Å². The average molecular weight is 332 g/mol. The molecule has 1 aromatic rings. The van der Waals surface area contributed by atoms with Gasteiger partial charge < -0.3 is 5.32 Å². The molecule has 1 aliphatic heterocycles. The Labute approximate surface area is 136 Å². The Morgan fingerprint density at radius 3 is 2.29 bits per heavy atom. The maximum absolute atomic E-state index is 13.2. The number of imide groups is 1. The number of nitrogens with zero attached hydrogens (tertiary/aromatic N) is 1. The van der Waals surface area contributed by atoms with Gasteiger partial charge in [-0.15, -0.1) is 0 Å². The Morgan fingerprint density at radius 2 is 1.71 bits per heavy atom. The summed E-state index contributed by atoms with van der Waals surface area (Å²) in [5.41, 5.74) is 0.0694. The maximum atomic E-state index is 13.2. The van der Waals surface area contributed by atoms with Crippen molar-refractivity contribution in [1.82, 2.24) is 4.90 Å². The van der Waals surface area contributed by atoms with Crippen LogP contribution >= 0.6 is 0 Å². The van der Waals surface area contributed by atoms with Gasteiger partial charge in [-0.25, -0.2) is 8.78 Å². The highest BCUT2D eigenvalue weighted by Crippen LogP contribution is 2.52. The third kappa shape index (κ3) is 2.15. The van der Waals surface area contributed by atoms with E-state index in [0.717, 1.165) is 23.5 Å². The van der Waals surface area contributed by atoms with Crippen LogP contribution in [0.1, 0.15) is 6.42 Å². The van der Waals surface area contributed by atoms with Crippen molar-refractivity contribution in [3.8, 4) is 0 Å². The van der Waals surface area contributed by atoms with Crippen LogP contribution in [0.25, 0.3) is 0 Å². The first-order chi connectivity index (χ1) is 11.5. The maximum Gasteiger partial charge on any atom is 0.244 e. The van der Waals surface area contributed by atoms with E-state index in [1.165, 1.54) is 6.07 Å². The highest BCUT2D eigenvalue weighted by Gasteiger charge is 2.59. The van der Waals surface area contributed by atoms with E-state index >= 15 is 0 Å². The number of benzene rings is 1. The van der Waals surface area contributed by atoms with E-state index in [1.807, 2.05) is 12.2 Å². The van der Waals surface area contributed by atoms with Crippen molar-refractivity contribution in [2.45, 2.75) is 6.42 Å². The zero-order chi connectivity index (χ0) is 17.0. The molecule has 1 heterocycles. The number of fused-ring (bicyclic) bond motifs is 5. The molecule has 1 saturated heterocycles. The number of likely N-dealkylation sites (tertiary alicyclic amines) is 1. The molecule has 4 atom stereocenters. The summed E-state index contributed by atoms with van der Waals surface area (Å²) in [6.07, 6.45) is 4.77. The highest BCUT2D eigenvalue weighted by molar-refractivity contribution is 6.09. The second-order valence-corrected chi connectivity index (χ2v) is 6.44. The first-order valence-electron chi connectivity index (χ1n) is 7.74. The Morgan fingerprint density at radius 1 is 1.08 bits per heavy atom. The van der Waals surface area contributed by atoms with Crippen LogP contribution in [0.3, 0.4) is 0 Å². The minimum atomic E-state index is -1.08. The lowest BCUT2D eigenvalue weighted by Gasteiger charge is -2.16. The van der Waals surface area contributed by atoms with E-state index in [2.05, 4.69) is 5.32 Å². The van der Waals surface area contributed by atoms with Crippen molar-refractivity contribution >= 4 is 23.4 Å². The van der Waals surface area contributed by atoms with Gasteiger partial charge in [-0.2, -0.15) is 0 Å². The zero-order valence-corrected chi connectivity index (χ0v) is 12.5. The Bertz CT molecular complexity index is 762. The first kappa shape index (κ1) is 15.0. The highest BCUT2D eigenvalue weighted by atomic mass is 19.2. The molecule has 1 N–H and O–H groups in total. The number of amides is 3. The molecule has 3 aliphatic rings. The fourth-order valence-electron chi connectivity index (χ4n) is 4.04. The lowest BCUT2D eigenvalue weighted by atomic mass is 9.85. The molecular formula is C17H14F2N2O3. The molecule has 4 rings (SSSR count). The summed E-state index contributed by atoms with van der Waals surface area (Å²) in [6.45, 7) is -0.414. The van der Waals surface area contributed by atoms with E-state index < -0.39 is 24.1 Å². The van der Waals surface area contributed by atoms with Crippen LogP contribution in [0.4, 0.5) is 14.5 Å². The SMILES string of the molecule is O=C(CN1C(=O)C2C(C1=O)[C@H]1C=C[C@@H]2C1)Nc1ccc(F)c(F)c1. The van der Waals surface area contributed by atoms with Crippen LogP contribution in [-0.4, -0.2) is 29.2 Å². The fraction of sp³-hybridized carbons (Fsp3) is 0.353. The van der Waals surface area contributed by atoms with Crippen molar-refractivity contribution in [2.24, 2.45) is 23.7 Å². The molecule has 124 valence electrons. The number of carbonyl (C=O) groups excluding carboxylic acids is 3. The second kappa shape index (κ2) is 5.22. The minimum absolute atomic E-state index is 0.0694. The molecule has 1 aromatic carbocycles. The number of hydrogen-bond donors (Lipinski definition) is 1. The second-order valence-electron chi connectivity index (χ2n) is 6.44. The lowest BCUT2D eigenvalue weighted by molar-refractivity contribution is -0.143.